The van der Waals surface area contributed by atoms with Crippen LogP contribution in [0.25, 0.3) is 0 Å². The lowest BCUT2D eigenvalue weighted by Gasteiger charge is -2.32. The van der Waals surface area contributed by atoms with Crippen molar-refractivity contribution in [2.24, 2.45) is 10.9 Å². The molecule has 25 heavy (non-hydrogen) atoms. The van der Waals surface area contributed by atoms with E-state index in [1.54, 1.807) is 7.05 Å². The van der Waals surface area contributed by atoms with Crippen molar-refractivity contribution >= 4 is 16.0 Å². The summed E-state index contributed by atoms with van der Waals surface area (Å²) in [5.74, 6) is 1.31. The first-order valence-corrected chi connectivity index (χ1v) is 11.3. The highest BCUT2D eigenvalue weighted by atomic mass is 32.2. The number of hydrogen-bond donors (Lipinski definition) is 3. The maximum absolute atomic E-state index is 12.0. The van der Waals surface area contributed by atoms with Crippen molar-refractivity contribution in [3.63, 3.8) is 0 Å². The van der Waals surface area contributed by atoms with Gasteiger partial charge >= 0.3 is 0 Å². The van der Waals surface area contributed by atoms with Crippen LogP contribution in [0.4, 0.5) is 0 Å². The molecule has 1 aliphatic carbocycles. The predicted molar refractivity (Wildman–Crippen MR) is 103 cm³/mol. The first kappa shape index (κ1) is 20.5. The number of sulfonamides is 1. The second-order valence-corrected chi connectivity index (χ2v) is 9.15. The number of nitrogens with zero attached hydrogens (tertiary/aromatic N) is 2. The minimum absolute atomic E-state index is 0.0787. The van der Waals surface area contributed by atoms with E-state index in [9.17, 15) is 8.42 Å². The van der Waals surface area contributed by atoms with Gasteiger partial charge in [0.15, 0.2) is 5.96 Å². The van der Waals surface area contributed by atoms with E-state index >= 15 is 0 Å². The third-order valence-corrected chi connectivity index (χ3v) is 6.52. The van der Waals surface area contributed by atoms with Crippen molar-refractivity contribution in [2.75, 3.05) is 45.5 Å². The molecule has 0 atom stereocenters. The molecule has 7 nitrogen and oxygen atoms in total. The van der Waals surface area contributed by atoms with Crippen LogP contribution in [0.1, 0.15) is 45.4 Å². The Kier molecular flexibility index (Phi) is 8.45. The van der Waals surface area contributed by atoms with E-state index in [0.717, 1.165) is 38.8 Å². The van der Waals surface area contributed by atoms with Crippen LogP contribution in [0.3, 0.4) is 0 Å². The SMILES string of the molecule is CCCN1CCC(NC(=NC)NCCS(=O)(=O)NCC2CCC2)CC1. The average Bonchev–Trinajstić information content (AvgIpc) is 2.54. The van der Waals surface area contributed by atoms with Gasteiger partial charge in [0.25, 0.3) is 0 Å². The largest absolute Gasteiger partial charge is 0.355 e. The maximum Gasteiger partial charge on any atom is 0.213 e. The van der Waals surface area contributed by atoms with Gasteiger partial charge in [0.1, 0.15) is 0 Å². The molecule has 1 saturated heterocycles. The Morgan fingerprint density at radius 1 is 1.20 bits per heavy atom. The molecule has 1 aliphatic heterocycles. The zero-order valence-electron chi connectivity index (χ0n) is 15.8. The van der Waals surface area contributed by atoms with Crippen molar-refractivity contribution in [3.05, 3.63) is 0 Å². The Bertz CT molecular complexity index is 511. The molecule has 146 valence electrons. The lowest BCUT2D eigenvalue weighted by molar-refractivity contribution is 0.206. The van der Waals surface area contributed by atoms with Gasteiger partial charge in [-0.3, -0.25) is 4.99 Å². The molecule has 3 N–H and O–H groups in total. The van der Waals surface area contributed by atoms with Crippen molar-refractivity contribution < 1.29 is 8.42 Å². The molecule has 2 fully saturated rings. The maximum atomic E-state index is 12.0. The van der Waals surface area contributed by atoms with Gasteiger partial charge in [-0.15, -0.1) is 0 Å². The molecule has 2 rings (SSSR count). The zero-order chi connectivity index (χ0) is 18.1. The summed E-state index contributed by atoms with van der Waals surface area (Å²) in [5.41, 5.74) is 0. The second-order valence-electron chi connectivity index (χ2n) is 7.22. The molecule has 8 heteroatoms. The van der Waals surface area contributed by atoms with Crippen LogP contribution in [0, 0.1) is 5.92 Å². The molecule has 0 spiro atoms. The third-order valence-electron chi connectivity index (χ3n) is 5.17. The number of nitrogens with one attached hydrogen (secondary N) is 3. The Hall–Kier alpha value is -0.860. The first-order valence-electron chi connectivity index (χ1n) is 9.69. The molecule has 0 bridgehead atoms. The Labute approximate surface area is 153 Å². The van der Waals surface area contributed by atoms with Gasteiger partial charge in [-0.05, 0) is 44.6 Å². The van der Waals surface area contributed by atoms with Gasteiger partial charge < -0.3 is 15.5 Å². The van der Waals surface area contributed by atoms with Crippen LogP contribution in [-0.4, -0.2) is 70.8 Å². The number of rotatable bonds is 9. The summed E-state index contributed by atoms with van der Waals surface area (Å²) in [4.78, 5) is 6.71. The van der Waals surface area contributed by atoms with E-state index in [-0.39, 0.29) is 5.75 Å². The summed E-state index contributed by atoms with van der Waals surface area (Å²) >= 11 is 0. The molecule has 1 heterocycles. The first-order chi connectivity index (χ1) is 12.0. The standard InChI is InChI=1S/C17H35N5O2S/c1-3-10-22-11-7-16(8-12-22)21-17(18-2)19-9-13-25(23,24)20-14-15-5-4-6-15/h15-16,20H,3-14H2,1-2H3,(H2,18,19,21). The molecule has 0 radical (unpaired) electrons. The minimum Gasteiger partial charge on any atom is -0.355 e. The normalized spacial score (nSPS) is 21.1. The molecule has 0 unspecified atom stereocenters. The summed E-state index contributed by atoms with van der Waals surface area (Å²) in [6, 6.07) is 0.410. The Morgan fingerprint density at radius 3 is 2.48 bits per heavy atom. The third kappa shape index (κ3) is 7.50. The summed E-state index contributed by atoms with van der Waals surface area (Å²) in [6.07, 6.45) is 6.92. The quantitative estimate of drug-likeness (QED) is 0.410. The Balaban J connectivity index is 1.63. The molecular formula is C17H35N5O2S. The molecule has 1 saturated carbocycles. The van der Waals surface area contributed by atoms with Gasteiger partial charge in [-0.2, -0.15) is 0 Å². The molecule has 2 aliphatic rings. The Morgan fingerprint density at radius 2 is 1.92 bits per heavy atom. The fraction of sp³-hybridized carbons (Fsp3) is 0.941. The average molecular weight is 374 g/mol. The van der Waals surface area contributed by atoms with Crippen LogP contribution < -0.4 is 15.4 Å². The van der Waals surface area contributed by atoms with Crippen molar-refractivity contribution in [1.29, 1.82) is 0 Å². The van der Waals surface area contributed by atoms with E-state index in [4.69, 9.17) is 0 Å². The number of aliphatic imine (C=N–C) groups is 1. The monoisotopic (exact) mass is 373 g/mol. The molecule has 0 aromatic carbocycles. The summed E-state index contributed by atoms with van der Waals surface area (Å²) < 4.78 is 26.7. The van der Waals surface area contributed by atoms with E-state index < -0.39 is 10.0 Å². The fourth-order valence-electron chi connectivity index (χ4n) is 3.32. The minimum atomic E-state index is -3.21. The zero-order valence-corrected chi connectivity index (χ0v) is 16.6. The molecule has 0 aromatic heterocycles. The smallest absolute Gasteiger partial charge is 0.213 e. The molecular weight excluding hydrogens is 338 g/mol. The van der Waals surface area contributed by atoms with Gasteiger partial charge in [0.05, 0.1) is 5.75 Å². The van der Waals surface area contributed by atoms with Crippen LogP contribution in [-0.2, 0) is 10.0 Å². The van der Waals surface area contributed by atoms with Crippen LogP contribution in [0.15, 0.2) is 4.99 Å². The van der Waals surface area contributed by atoms with E-state index in [2.05, 4.69) is 32.2 Å². The summed E-state index contributed by atoms with van der Waals surface area (Å²) in [7, 11) is -1.48. The summed E-state index contributed by atoms with van der Waals surface area (Å²) in [5, 5.41) is 6.55. The molecule has 0 aromatic rings. The highest BCUT2D eigenvalue weighted by Gasteiger charge is 2.21. The highest BCUT2D eigenvalue weighted by molar-refractivity contribution is 7.89. The van der Waals surface area contributed by atoms with Crippen LogP contribution in [0.2, 0.25) is 0 Å². The van der Waals surface area contributed by atoms with Crippen molar-refractivity contribution in [2.45, 2.75) is 51.5 Å². The predicted octanol–water partition coefficient (Wildman–Crippen LogP) is 0.745. The van der Waals surface area contributed by atoms with E-state index in [1.807, 2.05) is 0 Å². The van der Waals surface area contributed by atoms with Gasteiger partial charge in [0, 0.05) is 39.3 Å². The fourth-order valence-corrected chi connectivity index (χ4v) is 4.33. The van der Waals surface area contributed by atoms with Crippen LogP contribution in [0.5, 0.6) is 0 Å². The highest BCUT2D eigenvalue weighted by Crippen LogP contribution is 2.25. The number of hydrogen-bond acceptors (Lipinski definition) is 4. The number of guanidine groups is 1. The van der Waals surface area contributed by atoms with Gasteiger partial charge in [0.2, 0.25) is 10.0 Å². The van der Waals surface area contributed by atoms with Crippen LogP contribution >= 0.6 is 0 Å². The van der Waals surface area contributed by atoms with E-state index in [0.29, 0.717) is 31.0 Å². The van der Waals surface area contributed by atoms with Crippen molar-refractivity contribution in [3.8, 4) is 0 Å². The second kappa shape index (κ2) is 10.3. The lowest BCUT2D eigenvalue weighted by atomic mass is 9.86. The molecule has 0 amide bonds. The van der Waals surface area contributed by atoms with E-state index in [1.165, 1.54) is 19.4 Å². The number of likely N-dealkylation sites (tertiary alicyclic amines) is 1. The topological polar surface area (TPSA) is 85.8 Å². The lowest BCUT2D eigenvalue weighted by Crippen LogP contribution is -2.49. The summed E-state index contributed by atoms with van der Waals surface area (Å²) in [6.45, 7) is 6.57. The van der Waals surface area contributed by atoms with Gasteiger partial charge in [-0.1, -0.05) is 13.3 Å². The van der Waals surface area contributed by atoms with Gasteiger partial charge in [-0.25, -0.2) is 13.1 Å². The van der Waals surface area contributed by atoms with Crippen molar-refractivity contribution in [1.82, 2.24) is 20.3 Å². The number of piperidine rings is 1.